The predicted octanol–water partition coefficient (Wildman–Crippen LogP) is 2.33. The van der Waals surface area contributed by atoms with E-state index in [1.165, 1.54) is 29.2 Å². The number of thioether (sulfide) groups is 1. The summed E-state index contributed by atoms with van der Waals surface area (Å²) in [6.45, 7) is 8.38. The van der Waals surface area contributed by atoms with E-state index in [9.17, 15) is 9.59 Å². The Bertz CT molecular complexity index is 467. The molecule has 0 aromatic rings. The maximum atomic E-state index is 12.3. The first-order valence-corrected chi connectivity index (χ1v) is 10.4. The zero-order valence-electron chi connectivity index (χ0n) is 16.1. The van der Waals surface area contributed by atoms with Gasteiger partial charge in [0.05, 0.1) is 0 Å². The summed E-state index contributed by atoms with van der Waals surface area (Å²) in [6, 6.07) is 0. The second-order valence-corrected chi connectivity index (χ2v) is 9.37. The van der Waals surface area contributed by atoms with E-state index in [1.807, 2.05) is 32.5 Å². The number of carbonyl (C=O) groups excluding carboxylic acids is 2. The van der Waals surface area contributed by atoms with Gasteiger partial charge in [-0.2, -0.15) is 11.8 Å². The summed E-state index contributed by atoms with van der Waals surface area (Å²) in [4.78, 5) is 28.2. The average molecular weight is 372 g/mol. The van der Waals surface area contributed by atoms with Crippen molar-refractivity contribution in [1.29, 1.82) is 0 Å². The van der Waals surface area contributed by atoms with E-state index in [0.29, 0.717) is 6.54 Å². The summed E-state index contributed by atoms with van der Waals surface area (Å²) >= 11 is 2.01. The van der Waals surface area contributed by atoms with Crippen molar-refractivity contribution in [3.63, 3.8) is 0 Å². The fourth-order valence-corrected chi connectivity index (χ4v) is 4.52. The number of nitrogens with zero attached hydrogens (tertiary/aromatic N) is 2. The minimum Gasteiger partial charge on any atom is -0.444 e. The Labute approximate surface area is 156 Å². The van der Waals surface area contributed by atoms with E-state index in [4.69, 9.17) is 4.74 Å². The van der Waals surface area contributed by atoms with Crippen molar-refractivity contribution in [2.45, 2.75) is 57.6 Å². The number of amides is 2. The van der Waals surface area contributed by atoms with Crippen LogP contribution in [0.3, 0.4) is 0 Å². The van der Waals surface area contributed by atoms with Crippen LogP contribution >= 0.6 is 11.8 Å². The zero-order valence-corrected chi connectivity index (χ0v) is 16.9. The van der Waals surface area contributed by atoms with Crippen LogP contribution in [-0.2, 0) is 9.53 Å². The first-order chi connectivity index (χ1) is 11.7. The van der Waals surface area contributed by atoms with E-state index in [0.717, 1.165) is 25.9 Å². The van der Waals surface area contributed by atoms with Gasteiger partial charge in [0.15, 0.2) is 0 Å². The lowest BCUT2D eigenvalue weighted by molar-refractivity contribution is -0.122. The van der Waals surface area contributed by atoms with Gasteiger partial charge in [-0.3, -0.25) is 9.69 Å². The van der Waals surface area contributed by atoms with E-state index >= 15 is 0 Å². The van der Waals surface area contributed by atoms with Crippen LogP contribution in [0.4, 0.5) is 4.79 Å². The largest absolute Gasteiger partial charge is 0.444 e. The number of ether oxygens (including phenoxy) is 1. The van der Waals surface area contributed by atoms with Crippen molar-refractivity contribution >= 4 is 23.8 Å². The molecule has 144 valence electrons. The molecule has 1 saturated heterocycles. The van der Waals surface area contributed by atoms with Crippen molar-refractivity contribution in [1.82, 2.24) is 15.1 Å². The minimum atomic E-state index is -0.554. The van der Waals surface area contributed by atoms with Crippen LogP contribution in [0.15, 0.2) is 0 Å². The van der Waals surface area contributed by atoms with Gasteiger partial charge in [0.2, 0.25) is 5.91 Å². The van der Waals surface area contributed by atoms with Gasteiger partial charge >= 0.3 is 6.09 Å². The van der Waals surface area contributed by atoms with Crippen molar-refractivity contribution in [3.05, 3.63) is 0 Å². The molecule has 1 heterocycles. The molecule has 0 aromatic heterocycles. The molecule has 2 aliphatic rings. The zero-order chi connectivity index (χ0) is 18.5. The Kier molecular flexibility index (Phi) is 7.02. The van der Waals surface area contributed by atoms with Crippen LogP contribution in [0.25, 0.3) is 0 Å². The van der Waals surface area contributed by atoms with Crippen molar-refractivity contribution < 1.29 is 14.3 Å². The molecule has 6 nitrogen and oxygen atoms in total. The Balaban J connectivity index is 1.83. The summed E-state index contributed by atoms with van der Waals surface area (Å²) in [5.41, 5.74) is -0.441. The molecule has 0 aromatic carbocycles. The quantitative estimate of drug-likeness (QED) is 0.804. The second-order valence-electron chi connectivity index (χ2n) is 8.14. The predicted molar refractivity (Wildman–Crippen MR) is 102 cm³/mol. The molecule has 25 heavy (non-hydrogen) atoms. The lowest BCUT2D eigenvalue weighted by atomic mass is 9.94. The van der Waals surface area contributed by atoms with Crippen LogP contribution in [0.5, 0.6) is 0 Å². The molecule has 0 radical (unpaired) electrons. The van der Waals surface area contributed by atoms with Crippen molar-refractivity contribution in [2.24, 2.45) is 0 Å². The fourth-order valence-electron chi connectivity index (χ4n) is 3.61. The summed E-state index contributed by atoms with van der Waals surface area (Å²) < 4.78 is 5.29. The van der Waals surface area contributed by atoms with Crippen LogP contribution < -0.4 is 5.32 Å². The molecule has 1 aliphatic heterocycles. The minimum absolute atomic E-state index is 0.0286. The van der Waals surface area contributed by atoms with Gasteiger partial charge in [-0.1, -0.05) is 12.8 Å². The summed E-state index contributed by atoms with van der Waals surface area (Å²) in [5.74, 6) is 2.24. The number of hydrogen-bond donors (Lipinski definition) is 1. The van der Waals surface area contributed by atoms with Gasteiger partial charge in [0, 0.05) is 43.7 Å². The molecule has 1 saturated carbocycles. The molecular formula is C18H33N3O3S. The highest BCUT2D eigenvalue weighted by atomic mass is 32.2. The third kappa shape index (κ3) is 6.06. The lowest BCUT2D eigenvalue weighted by Gasteiger charge is -2.43. The molecule has 0 atom stereocenters. The monoisotopic (exact) mass is 371 g/mol. The highest BCUT2D eigenvalue weighted by molar-refractivity contribution is 7.99. The van der Waals surface area contributed by atoms with E-state index in [-0.39, 0.29) is 18.0 Å². The number of likely N-dealkylation sites (N-methyl/N-ethyl adjacent to an activating group) is 1. The third-order valence-electron chi connectivity index (χ3n) is 4.92. The number of rotatable bonds is 5. The Morgan fingerprint density at radius 1 is 1.20 bits per heavy atom. The molecule has 1 aliphatic carbocycles. The van der Waals surface area contributed by atoms with E-state index in [1.54, 1.807) is 7.05 Å². The van der Waals surface area contributed by atoms with E-state index < -0.39 is 11.7 Å². The van der Waals surface area contributed by atoms with Crippen LogP contribution in [0.1, 0.15) is 46.5 Å². The maximum Gasteiger partial charge on any atom is 0.410 e. The summed E-state index contributed by atoms with van der Waals surface area (Å²) in [7, 11) is 1.60. The van der Waals surface area contributed by atoms with Gasteiger partial charge in [-0.15, -0.1) is 0 Å². The standard InChI is InChI=1S/C18H33N3O3S/c1-17(2,3)24-16(23)20(4)13-15(22)19-14-18(7-5-6-8-18)21-9-11-25-12-10-21/h5-14H2,1-4H3,(H,19,22). The Morgan fingerprint density at radius 3 is 2.36 bits per heavy atom. The first-order valence-electron chi connectivity index (χ1n) is 9.25. The second kappa shape index (κ2) is 8.62. The highest BCUT2D eigenvalue weighted by Gasteiger charge is 2.40. The molecule has 2 amide bonds. The van der Waals surface area contributed by atoms with Gasteiger partial charge < -0.3 is 15.0 Å². The highest BCUT2D eigenvalue weighted by Crippen LogP contribution is 2.36. The van der Waals surface area contributed by atoms with Crippen molar-refractivity contribution in [2.75, 3.05) is 44.7 Å². The molecule has 2 rings (SSSR count). The van der Waals surface area contributed by atoms with Crippen molar-refractivity contribution in [3.8, 4) is 0 Å². The van der Waals surface area contributed by atoms with Gasteiger partial charge in [0.25, 0.3) is 0 Å². The molecule has 7 heteroatoms. The number of carbonyl (C=O) groups is 2. The molecular weight excluding hydrogens is 338 g/mol. The van der Waals surface area contributed by atoms with Crippen LogP contribution in [-0.4, -0.2) is 77.7 Å². The SMILES string of the molecule is CN(CC(=O)NCC1(N2CCSCC2)CCCC1)C(=O)OC(C)(C)C. The smallest absolute Gasteiger partial charge is 0.410 e. The first kappa shape index (κ1) is 20.4. The Hall–Kier alpha value is -0.950. The van der Waals surface area contributed by atoms with Crippen LogP contribution in [0.2, 0.25) is 0 Å². The molecule has 2 fully saturated rings. The van der Waals surface area contributed by atoms with Gasteiger partial charge in [-0.25, -0.2) is 4.79 Å². The topological polar surface area (TPSA) is 61.9 Å². The maximum absolute atomic E-state index is 12.3. The molecule has 0 unspecified atom stereocenters. The third-order valence-corrected chi connectivity index (χ3v) is 5.86. The summed E-state index contributed by atoms with van der Waals surface area (Å²) in [6.07, 6.45) is 4.31. The normalized spacial score (nSPS) is 21.0. The van der Waals surface area contributed by atoms with Gasteiger partial charge in [-0.05, 0) is 33.6 Å². The van der Waals surface area contributed by atoms with Gasteiger partial charge in [0.1, 0.15) is 12.1 Å². The Morgan fingerprint density at radius 2 is 1.80 bits per heavy atom. The summed E-state index contributed by atoms with van der Waals surface area (Å²) in [5, 5.41) is 3.07. The number of hydrogen-bond acceptors (Lipinski definition) is 5. The van der Waals surface area contributed by atoms with Crippen LogP contribution in [0, 0.1) is 0 Å². The number of nitrogens with one attached hydrogen (secondary N) is 1. The average Bonchev–Trinajstić information content (AvgIpc) is 3.02. The molecule has 0 spiro atoms. The fraction of sp³-hybridized carbons (Fsp3) is 0.889. The molecule has 1 N–H and O–H groups in total. The lowest BCUT2D eigenvalue weighted by Crippen LogP contribution is -2.57. The van der Waals surface area contributed by atoms with E-state index in [2.05, 4.69) is 10.2 Å². The molecule has 0 bridgehead atoms.